The van der Waals surface area contributed by atoms with Crippen molar-refractivity contribution in [1.82, 2.24) is 0 Å². The molecule has 180 valence electrons. The van der Waals surface area contributed by atoms with Crippen LogP contribution in [-0.2, 0) is 0 Å². The molecule has 32 heavy (non-hydrogen) atoms. The Hall–Kier alpha value is -1.20. The van der Waals surface area contributed by atoms with Crippen LogP contribution in [-0.4, -0.2) is 37.4 Å². The second-order valence-corrected chi connectivity index (χ2v) is 11.7. The fraction of sp³-hybridized carbons (Fsp3) is 0.714. The van der Waals surface area contributed by atoms with Crippen LogP contribution in [0, 0.1) is 23.2 Å². The Labute approximate surface area is 194 Å². The van der Waals surface area contributed by atoms with E-state index in [-0.39, 0.29) is 11.8 Å². The van der Waals surface area contributed by atoms with Gasteiger partial charge >= 0.3 is 0 Å². The highest BCUT2D eigenvalue weighted by molar-refractivity contribution is 5.37. The summed E-state index contributed by atoms with van der Waals surface area (Å²) in [6, 6.07) is 0. The van der Waals surface area contributed by atoms with Crippen LogP contribution in [0.4, 0.5) is 0 Å². The summed E-state index contributed by atoms with van der Waals surface area (Å²) in [7, 11) is 0. The Morgan fingerprint density at radius 1 is 1.06 bits per heavy atom. The van der Waals surface area contributed by atoms with Gasteiger partial charge in [-0.15, -0.1) is 0 Å². The molecule has 5 atom stereocenters. The predicted octanol–water partition coefficient (Wildman–Crippen LogP) is 5.19. The molecule has 3 aliphatic carbocycles. The Bertz CT molecular complexity index is 808. The molecule has 4 N–H and O–H groups in total. The van der Waals surface area contributed by atoms with Crippen molar-refractivity contribution in [1.29, 1.82) is 0 Å². The first kappa shape index (κ1) is 25.4. The quantitative estimate of drug-likeness (QED) is 0.347. The highest BCUT2D eigenvalue weighted by atomic mass is 16.5. The highest BCUT2D eigenvalue weighted by Gasteiger charge is 2.50. The van der Waals surface area contributed by atoms with E-state index in [9.17, 15) is 20.4 Å². The van der Waals surface area contributed by atoms with E-state index in [1.54, 1.807) is 26.8 Å². The second-order valence-electron chi connectivity index (χ2n) is 11.7. The van der Waals surface area contributed by atoms with Crippen molar-refractivity contribution in [3.63, 3.8) is 0 Å². The summed E-state index contributed by atoms with van der Waals surface area (Å²) in [5, 5.41) is 41.0. The SMILES string of the molecule is C=C1CCC(O)(O)C/C1=C/C=C1\CCC[C@@]2(C)C1CC[C@@H]2[C@H](C)/C=C/[C@@](C)(O)C(C)(C)O. The summed E-state index contributed by atoms with van der Waals surface area (Å²) >= 11 is 0. The maximum absolute atomic E-state index is 10.6. The number of rotatable bonds is 5. The lowest BCUT2D eigenvalue weighted by Crippen LogP contribution is -2.46. The van der Waals surface area contributed by atoms with Crippen LogP contribution in [0.25, 0.3) is 0 Å². The van der Waals surface area contributed by atoms with Crippen LogP contribution in [0.1, 0.15) is 86.0 Å². The molecule has 0 aliphatic heterocycles. The molecule has 3 saturated carbocycles. The fourth-order valence-corrected chi connectivity index (χ4v) is 6.23. The van der Waals surface area contributed by atoms with Crippen molar-refractivity contribution >= 4 is 0 Å². The zero-order valence-electron chi connectivity index (χ0n) is 20.7. The van der Waals surface area contributed by atoms with Gasteiger partial charge in [-0.05, 0) is 88.0 Å². The molecule has 4 nitrogen and oxygen atoms in total. The van der Waals surface area contributed by atoms with Crippen LogP contribution >= 0.6 is 0 Å². The molecule has 0 aromatic carbocycles. The third-order valence-electron chi connectivity index (χ3n) is 8.89. The predicted molar refractivity (Wildman–Crippen MR) is 130 cm³/mol. The molecule has 0 amide bonds. The molecule has 3 aliphatic rings. The molecular formula is C28H44O4. The van der Waals surface area contributed by atoms with E-state index in [1.807, 2.05) is 0 Å². The summed E-state index contributed by atoms with van der Waals surface area (Å²) in [5.74, 6) is -0.227. The number of fused-ring (bicyclic) bond motifs is 1. The van der Waals surface area contributed by atoms with Gasteiger partial charge in [0.1, 0.15) is 5.60 Å². The van der Waals surface area contributed by atoms with E-state index in [1.165, 1.54) is 24.8 Å². The van der Waals surface area contributed by atoms with Crippen molar-refractivity contribution < 1.29 is 20.4 Å². The lowest BCUT2D eigenvalue weighted by molar-refractivity contribution is -0.166. The average Bonchev–Trinajstić information content (AvgIpc) is 3.03. The van der Waals surface area contributed by atoms with Crippen molar-refractivity contribution in [2.75, 3.05) is 0 Å². The molecule has 0 radical (unpaired) electrons. The summed E-state index contributed by atoms with van der Waals surface area (Å²) in [6.07, 6.45) is 15.3. The number of aliphatic hydroxyl groups is 4. The lowest BCUT2D eigenvalue weighted by atomic mass is 9.61. The summed E-state index contributed by atoms with van der Waals surface area (Å²) in [4.78, 5) is 0. The van der Waals surface area contributed by atoms with Gasteiger partial charge in [-0.3, -0.25) is 0 Å². The van der Waals surface area contributed by atoms with E-state index in [0.29, 0.717) is 30.6 Å². The van der Waals surface area contributed by atoms with E-state index in [2.05, 4.69) is 38.7 Å². The van der Waals surface area contributed by atoms with Gasteiger partial charge in [0.25, 0.3) is 0 Å². The minimum absolute atomic E-state index is 0.216. The van der Waals surface area contributed by atoms with Gasteiger partial charge in [-0.1, -0.05) is 55.9 Å². The Kier molecular flexibility index (Phi) is 7.04. The summed E-state index contributed by atoms with van der Waals surface area (Å²) in [6.45, 7) is 13.7. The average molecular weight is 445 g/mol. The standard InChI is InChI=1S/C28H44O4/c1-19-14-17-28(31,32)18-22(19)10-9-21-8-7-15-26(5)23(11-12-24(21)26)20(2)13-16-27(6,30)25(3,4)29/h9-10,13,16,20,23-24,29-32H,1,7-8,11-12,14-15,17-18H2,2-6H3/b16-13+,21-9+,22-10-/t20-,23-,24?,26-,27-/m1/s1. The van der Waals surface area contributed by atoms with E-state index < -0.39 is 17.0 Å². The summed E-state index contributed by atoms with van der Waals surface area (Å²) in [5.41, 5.74) is 1.22. The van der Waals surface area contributed by atoms with E-state index in [4.69, 9.17) is 0 Å². The normalized spacial score (nSPS) is 36.5. The largest absolute Gasteiger partial charge is 0.387 e. The number of hydrogen-bond donors (Lipinski definition) is 4. The van der Waals surface area contributed by atoms with Crippen LogP contribution < -0.4 is 0 Å². The number of hydrogen-bond acceptors (Lipinski definition) is 4. The Balaban J connectivity index is 1.78. The van der Waals surface area contributed by atoms with Crippen LogP contribution in [0.15, 0.2) is 47.6 Å². The molecule has 0 aromatic heterocycles. The molecule has 3 rings (SSSR count). The van der Waals surface area contributed by atoms with E-state index >= 15 is 0 Å². The zero-order chi connectivity index (χ0) is 23.9. The molecule has 0 bridgehead atoms. The van der Waals surface area contributed by atoms with Crippen LogP contribution in [0.3, 0.4) is 0 Å². The smallest absolute Gasteiger partial charge is 0.166 e. The molecule has 4 heteroatoms. The van der Waals surface area contributed by atoms with E-state index in [0.717, 1.165) is 24.0 Å². The summed E-state index contributed by atoms with van der Waals surface area (Å²) < 4.78 is 0. The fourth-order valence-electron chi connectivity index (χ4n) is 6.23. The molecule has 3 fully saturated rings. The first-order chi connectivity index (χ1) is 14.7. The van der Waals surface area contributed by atoms with Gasteiger partial charge in [0, 0.05) is 12.8 Å². The van der Waals surface area contributed by atoms with Crippen molar-refractivity contribution in [2.45, 2.75) is 103 Å². The van der Waals surface area contributed by atoms with Crippen LogP contribution in [0.2, 0.25) is 0 Å². The topological polar surface area (TPSA) is 80.9 Å². The van der Waals surface area contributed by atoms with Gasteiger partial charge < -0.3 is 20.4 Å². The van der Waals surface area contributed by atoms with Crippen LogP contribution in [0.5, 0.6) is 0 Å². The molecule has 0 aromatic rings. The van der Waals surface area contributed by atoms with Crippen molar-refractivity contribution in [3.8, 4) is 0 Å². The third kappa shape index (κ3) is 5.14. The minimum atomic E-state index is -1.61. The molecule has 0 heterocycles. The minimum Gasteiger partial charge on any atom is -0.387 e. The third-order valence-corrected chi connectivity index (χ3v) is 8.89. The van der Waals surface area contributed by atoms with Gasteiger partial charge in [-0.2, -0.15) is 0 Å². The van der Waals surface area contributed by atoms with Crippen molar-refractivity contribution in [2.24, 2.45) is 23.2 Å². The molecule has 1 unspecified atom stereocenters. The van der Waals surface area contributed by atoms with Gasteiger partial charge in [0.2, 0.25) is 0 Å². The van der Waals surface area contributed by atoms with Gasteiger partial charge in [-0.25, -0.2) is 0 Å². The van der Waals surface area contributed by atoms with Crippen molar-refractivity contribution in [3.05, 3.63) is 47.6 Å². The Morgan fingerprint density at radius 2 is 1.75 bits per heavy atom. The monoisotopic (exact) mass is 444 g/mol. The zero-order valence-corrected chi connectivity index (χ0v) is 20.7. The second kappa shape index (κ2) is 8.87. The Morgan fingerprint density at radius 3 is 2.41 bits per heavy atom. The van der Waals surface area contributed by atoms with Gasteiger partial charge in [0.15, 0.2) is 5.79 Å². The number of allylic oxidation sites excluding steroid dienone is 5. The maximum Gasteiger partial charge on any atom is 0.166 e. The first-order valence-electron chi connectivity index (χ1n) is 12.3. The van der Waals surface area contributed by atoms with Gasteiger partial charge in [0.05, 0.1) is 5.60 Å². The molecule has 0 spiro atoms. The lowest BCUT2D eigenvalue weighted by Gasteiger charge is -2.44. The molecular weight excluding hydrogens is 400 g/mol. The highest BCUT2D eigenvalue weighted by Crippen LogP contribution is 2.59. The molecule has 0 saturated heterocycles. The first-order valence-corrected chi connectivity index (χ1v) is 12.3. The maximum atomic E-state index is 10.6.